The van der Waals surface area contributed by atoms with E-state index in [-0.39, 0.29) is 0 Å². The van der Waals surface area contributed by atoms with Crippen molar-refractivity contribution in [1.29, 1.82) is 0 Å². The third-order valence-corrected chi connectivity index (χ3v) is 12.5. The summed E-state index contributed by atoms with van der Waals surface area (Å²) in [6.45, 7) is 6.93. The van der Waals surface area contributed by atoms with E-state index in [1.165, 1.54) is 72.8 Å². The molecule has 0 heterocycles. The van der Waals surface area contributed by atoms with Gasteiger partial charge in [-0.15, -0.1) is 0 Å². The van der Waals surface area contributed by atoms with E-state index in [1.807, 2.05) is 0 Å². The number of aryl methyl sites for hydroxylation is 1. The smallest absolute Gasteiger partial charge is 0.0690 e. The second-order valence-corrected chi connectivity index (χ2v) is 15.8. The molecule has 0 saturated heterocycles. The molecule has 4 atom stereocenters. The first-order valence-electron chi connectivity index (χ1n) is 19.8. The van der Waals surface area contributed by atoms with Crippen molar-refractivity contribution in [2.75, 3.05) is 9.80 Å². The zero-order valence-electron chi connectivity index (χ0n) is 31.4. The van der Waals surface area contributed by atoms with E-state index < -0.39 is 5.41 Å². The minimum absolute atomic E-state index is 0.355. The Bertz CT molecular complexity index is 2490. The number of nitrogens with zero attached hydrogens (tertiary/aromatic N) is 2. The summed E-state index contributed by atoms with van der Waals surface area (Å²) in [4.78, 5) is 5.08. The molecule has 54 heavy (non-hydrogen) atoms. The van der Waals surface area contributed by atoms with Gasteiger partial charge in [-0.2, -0.15) is 0 Å². The van der Waals surface area contributed by atoms with Crippen molar-refractivity contribution < 1.29 is 0 Å². The fraction of sp³-hybridized carbons (Fsp3) is 0.192. The topological polar surface area (TPSA) is 6.48 Å². The lowest BCUT2D eigenvalue weighted by molar-refractivity contribution is 0.422. The van der Waals surface area contributed by atoms with Gasteiger partial charge in [0.05, 0.1) is 5.41 Å². The summed E-state index contributed by atoms with van der Waals surface area (Å²) >= 11 is 0. The Balaban J connectivity index is 1.24. The first-order valence-corrected chi connectivity index (χ1v) is 19.8. The number of hydrogen-bond donors (Lipinski definition) is 0. The number of fused-ring (bicyclic) bond motifs is 9. The van der Waals surface area contributed by atoms with Crippen LogP contribution in [0.3, 0.4) is 0 Å². The van der Waals surface area contributed by atoms with Crippen molar-refractivity contribution in [2.45, 2.75) is 51.5 Å². The van der Waals surface area contributed by atoms with E-state index >= 15 is 0 Å². The molecule has 6 aromatic rings. The molecule has 4 aliphatic rings. The Morgan fingerprint density at radius 2 is 1.20 bits per heavy atom. The highest BCUT2D eigenvalue weighted by molar-refractivity contribution is 5.98. The number of allylic oxidation sites excluding steroid dienone is 5. The molecule has 0 saturated carbocycles. The van der Waals surface area contributed by atoms with E-state index in [1.54, 1.807) is 0 Å². The third kappa shape index (κ3) is 5.00. The molecule has 0 N–H and O–H groups in total. The first kappa shape index (κ1) is 32.8. The molecule has 4 unspecified atom stereocenters. The summed E-state index contributed by atoms with van der Waals surface area (Å²) in [5, 5.41) is 0. The van der Waals surface area contributed by atoms with Crippen LogP contribution in [0.2, 0.25) is 0 Å². The lowest BCUT2D eigenvalue weighted by Gasteiger charge is -2.41. The second kappa shape index (κ2) is 12.9. The van der Waals surface area contributed by atoms with E-state index in [0.717, 1.165) is 24.9 Å². The van der Waals surface area contributed by atoms with Gasteiger partial charge in [0.1, 0.15) is 0 Å². The molecule has 264 valence electrons. The van der Waals surface area contributed by atoms with Crippen molar-refractivity contribution in [3.63, 3.8) is 0 Å². The molecule has 0 aliphatic heterocycles. The van der Waals surface area contributed by atoms with Gasteiger partial charge in [-0.05, 0) is 149 Å². The van der Waals surface area contributed by atoms with Crippen LogP contribution in [0.15, 0.2) is 175 Å². The molecular weight excluding hydrogens is 653 g/mol. The van der Waals surface area contributed by atoms with E-state index in [0.29, 0.717) is 17.9 Å². The normalized spacial score (nSPS) is 21.8. The summed E-state index contributed by atoms with van der Waals surface area (Å²) < 4.78 is 0. The molecule has 6 aromatic carbocycles. The summed E-state index contributed by atoms with van der Waals surface area (Å²) in [5.41, 5.74) is 18.1. The zero-order valence-corrected chi connectivity index (χ0v) is 31.4. The maximum absolute atomic E-state index is 2.65. The standard InChI is InChI=1S/C52H46N2/c1-35-15-14-20-40(31-35)53(38-16-6-4-7-17-38)41-27-29-45-46-30-28-42(54(39-18-8-5-9-19-39)51-32-36(2)25-26-37(51)3)34-50(46)52(49(45)33-41)47-23-12-10-21-43(47)44-22-11-13-24-48(44)52/h4-12,14-23,25-31,33-34,36-37,51H,13,24,32H2,1-3H3. The highest BCUT2D eigenvalue weighted by Gasteiger charge is 2.53. The van der Waals surface area contributed by atoms with Gasteiger partial charge in [-0.25, -0.2) is 0 Å². The van der Waals surface area contributed by atoms with Crippen LogP contribution < -0.4 is 9.80 Å². The fourth-order valence-electron chi connectivity index (χ4n) is 10.1. The molecule has 0 amide bonds. The number of rotatable bonds is 6. The van der Waals surface area contributed by atoms with Crippen molar-refractivity contribution in [3.8, 4) is 11.1 Å². The van der Waals surface area contributed by atoms with Crippen molar-refractivity contribution >= 4 is 34.0 Å². The predicted octanol–water partition coefficient (Wildman–Crippen LogP) is 13.6. The van der Waals surface area contributed by atoms with Gasteiger partial charge in [0.25, 0.3) is 0 Å². The Labute approximate surface area is 320 Å². The molecule has 2 heteroatoms. The van der Waals surface area contributed by atoms with Crippen LogP contribution in [0.5, 0.6) is 0 Å². The summed E-state index contributed by atoms with van der Waals surface area (Å²) in [6.07, 6.45) is 12.8. The molecular formula is C52H46N2. The number of benzene rings is 6. The van der Waals surface area contributed by atoms with Gasteiger partial charge >= 0.3 is 0 Å². The quantitative estimate of drug-likeness (QED) is 0.160. The maximum atomic E-state index is 2.65. The van der Waals surface area contributed by atoms with Crippen LogP contribution in [0.25, 0.3) is 16.7 Å². The Hall–Kier alpha value is -5.86. The lowest BCUT2D eigenvalue weighted by atomic mass is 9.68. The van der Waals surface area contributed by atoms with Gasteiger partial charge in [0.15, 0.2) is 0 Å². The zero-order chi connectivity index (χ0) is 36.4. The van der Waals surface area contributed by atoms with E-state index in [4.69, 9.17) is 0 Å². The molecule has 0 radical (unpaired) electrons. The molecule has 1 spiro atoms. The van der Waals surface area contributed by atoms with Crippen LogP contribution in [0.4, 0.5) is 28.4 Å². The van der Waals surface area contributed by atoms with Crippen molar-refractivity contribution in [2.24, 2.45) is 11.8 Å². The average Bonchev–Trinajstić information content (AvgIpc) is 3.67. The molecule has 0 fully saturated rings. The molecule has 2 nitrogen and oxygen atoms in total. The van der Waals surface area contributed by atoms with Gasteiger partial charge in [0, 0.05) is 34.5 Å². The highest BCUT2D eigenvalue weighted by atomic mass is 15.2. The summed E-state index contributed by atoms with van der Waals surface area (Å²) in [5.74, 6) is 0.962. The Kier molecular flexibility index (Phi) is 7.84. The number of hydrogen-bond acceptors (Lipinski definition) is 2. The minimum atomic E-state index is -0.393. The second-order valence-electron chi connectivity index (χ2n) is 15.8. The summed E-state index contributed by atoms with van der Waals surface area (Å²) in [7, 11) is 0. The minimum Gasteiger partial charge on any atom is -0.338 e. The first-order chi connectivity index (χ1) is 26.5. The maximum Gasteiger partial charge on any atom is 0.0690 e. The van der Waals surface area contributed by atoms with E-state index in [2.05, 4.69) is 200 Å². The van der Waals surface area contributed by atoms with Crippen LogP contribution in [0.1, 0.15) is 60.9 Å². The fourth-order valence-corrected chi connectivity index (χ4v) is 10.1. The van der Waals surface area contributed by atoms with E-state index in [9.17, 15) is 0 Å². The van der Waals surface area contributed by atoms with Gasteiger partial charge in [0.2, 0.25) is 0 Å². The predicted molar refractivity (Wildman–Crippen MR) is 227 cm³/mol. The van der Waals surface area contributed by atoms with Gasteiger partial charge in [-0.1, -0.05) is 123 Å². The molecule has 10 rings (SSSR count). The highest BCUT2D eigenvalue weighted by Crippen LogP contribution is 2.64. The molecule has 4 aliphatic carbocycles. The van der Waals surface area contributed by atoms with Crippen molar-refractivity contribution in [1.82, 2.24) is 0 Å². The summed E-state index contributed by atoms with van der Waals surface area (Å²) in [6, 6.07) is 55.1. The average molecular weight is 699 g/mol. The van der Waals surface area contributed by atoms with Crippen LogP contribution in [-0.2, 0) is 5.41 Å². The Morgan fingerprint density at radius 3 is 1.96 bits per heavy atom. The largest absolute Gasteiger partial charge is 0.338 e. The van der Waals surface area contributed by atoms with Gasteiger partial charge < -0.3 is 9.80 Å². The van der Waals surface area contributed by atoms with Crippen LogP contribution >= 0.6 is 0 Å². The SMILES string of the molecule is Cc1cccc(N(c2ccccc2)c2ccc3c(c2)C2(C4=C(C=CCC4)c4ccccc42)c2cc(N(c4ccccc4)C4CC(C)C=CC4C)ccc2-3)c1. The number of anilines is 5. The van der Waals surface area contributed by atoms with Crippen LogP contribution in [-0.4, -0.2) is 6.04 Å². The monoisotopic (exact) mass is 698 g/mol. The van der Waals surface area contributed by atoms with Gasteiger partial charge in [-0.3, -0.25) is 0 Å². The Morgan fingerprint density at radius 1 is 0.556 bits per heavy atom. The molecule has 0 aromatic heterocycles. The lowest BCUT2D eigenvalue weighted by Crippen LogP contribution is -2.39. The van der Waals surface area contributed by atoms with Crippen molar-refractivity contribution in [3.05, 3.63) is 203 Å². The number of para-hydroxylation sites is 2. The third-order valence-electron chi connectivity index (χ3n) is 12.5. The molecule has 0 bridgehead atoms. The van der Waals surface area contributed by atoms with Crippen LogP contribution in [0, 0.1) is 18.8 Å².